The van der Waals surface area contributed by atoms with Gasteiger partial charge in [-0.1, -0.05) is 51.1 Å². The first-order valence-electron chi connectivity index (χ1n) is 7.41. The number of benzene rings is 1. The zero-order chi connectivity index (χ0) is 14.5. The molecular formula is C17H25N3. The van der Waals surface area contributed by atoms with Crippen molar-refractivity contribution < 1.29 is 0 Å². The molecule has 0 bridgehead atoms. The first-order chi connectivity index (χ1) is 9.61. The lowest BCUT2D eigenvalue weighted by Crippen LogP contribution is -2.25. The van der Waals surface area contributed by atoms with Crippen LogP contribution in [-0.4, -0.2) is 9.78 Å². The lowest BCUT2D eigenvalue weighted by Gasteiger charge is -2.23. The van der Waals surface area contributed by atoms with Crippen molar-refractivity contribution in [2.75, 3.05) is 0 Å². The average molecular weight is 271 g/mol. The fraction of sp³-hybridized carbons (Fsp3) is 0.471. The van der Waals surface area contributed by atoms with Gasteiger partial charge in [0.2, 0.25) is 0 Å². The molecule has 1 N–H and O–H groups in total. The molecule has 1 atom stereocenters. The number of aromatic nitrogens is 2. The molecule has 0 spiro atoms. The molecule has 1 heterocycles. The normalized spacial score (nSPS) is 12.8. The molecule has 0 radical (unpaired) electrons. The second-order valence-corrected chi connectivity index (χ2v) is 5.64. The zero-order valence-electron chi connectivity index (χ0n) is 12.9. The molecule has 0 aliphatic rings. The Balaban J connectivity index is 2.10. The first kappa shape index (κ1) is 14.8. The maximum atomic E-state index is 4.50. The Kier molecular flexibility index (Phi) is 4.96. The van der Waals surface area contributed by atoms with Gasteiger partial charge in [-0.3, -0.25) is 4.68 Å². The molecule has 3 nitrogen and oxygen atoms in total. The predicted octanol–water partition coefficient (Wildman–Crippen LogP) is 3.47. The van der Waals surface area contributed by atoms with Gasteiger partial charge in [-0.2, -0.15) is 5.10 Å². The van der Waals surface area contributed by atoms with Crippen LogP contribution in [0.4, 0.5) is 0 Å². The van der Waals surface area contributed by atoms with E-state index >= 15 is 0 Å². The minimum absolute atomic E-state index is 0.376. The molecule has 1 aromatic heterocycles. The fourth-order valence-corrected chi connectivity index (χ4v) is 2.65. The van der Waals surface area contributed by atoms with E-state index in [0.29, 0.717) is 12.0 Å². The Morgan fingerprint density at radius 2 is 1.90 bits per heavy atom. The maximum Gasteiger partial charge on any atom is 0.0666 e. The molecule has 2 aromatic rings. The van der Waals surface area contributed by atoms with Crippen LogP contribution in [0, 0.1) is 5.92 Å². The van der Waals surface area contributed by atoms with Crippen molar-refractivity contribution in [3.05, 3.63) is 53.3 Å². The van der Waals surface area contributed by atoms with E-state index < -0.39 is 0 Å². The minimum Gasteiger partial charge on any atom is -0.306 e. The lowest BCUT2D eigenvalue weighted by atomic mass is 9.96. The Hall–Kier alpha value is -1.61. The predicted molar refractivity (Wildman–Crippen MR) is 83.4 cm³/mol. The highest BCUT2D eigenvalue weighted by Gasteiger charge is 2.16. The molecule has 2 rings (SSSR count). The van der Waals surface area contributed by atoms with Crippen molar-refractivity contribution in [3.63, 3.8) is 0 Å². The summed E-state index contributed by atoms with van der Waals surface area (Å²) in [6, 6.07) is 11.0. The molecular weight excluding hydrogens is 246 g/mol. The van der Waals surface area contributed by atoms with Gasteiger partial charge in [-0.15, -0.1) is 0 Å². The van der Waals surface area contributed by atoms with Crippen LogP contribution in [0.3, 0.4) is 0 Å². The largest absolute Gasteiger partial charge is 0.306 e. The molecule has 0 amide bonds. The second kappa shape index (κ2) is 6.71. The molecule has 0 saturated carbocycles. The quantitative estimate of drug-likeness (QED) is 0.872. The third-order valence-electron chi connectivity index (χ3n) is 3.66. The second-order valence-electron chi connectivity index (χ2n) is 5.64. The Morgan fingerprint density at radius 3 is 2.50 bits per heavy atom. The van der Waals surface area contributed by atoms with Gasteiger partial charge in [0.25, 0.3) is 0 Å². The summed E-state index contributed by atoms with van der Waals surface area (Å²) >= 11 is 0. The monoisotopic (exact) mass is 271 g/mol. The van der Waals surface area contributed by atoms with Crippen molar-refractivity contribution in [1.82, 2.24) is 15.1 Å². The van der Waals surface area contributed by atoms with Gasteiger partial charge >= 0.3 is 0 Å². The molecule has 1 unspecified atom stereocenters. The van der Waals surface area contributed by atoms with E-state index in [1.165, 1.54) is 16.8 Å². The van der Waals surface area contributed by atoms with Crippen LogP contribution in [0.25, 0.3) is 0 Å². The molecule has 0 aliphatic heterocycles. The topological polar surface area (TPSA) is 29.9 Å². The Labute approximate surface area is 122 Å². The van der Waals surface area contributed by atoms with Crippen LogP contribution in [0.2, 0.25) is 0 Å². The number of hydrogen-bond donors (Lipinski definition) is 1. The van der Waals surface area contributed by atoms with Crippen molar-refractivity contribution in [3.8, 4) is 0 Å². The molecule has 0 saturated heterocycles. The van der Waals surface area contributed by atoms with Gasteiger partial charge in [0.05, 0.1) is 5.69 Å². The summed E-state index contributed by atoms with van der Waals surface area (Å²) in [5.41, 5.74) is 3.84. The molecule has 108 valence electrons. The molecule has 1 aromatic carbocycles. The van der Waals surface area contributed by atoms with E-state index in [4.69, 9.17) is 0 Å². The summed E-state index contributed by atoms with van der Waals surface area (Å²) in [6.45, 7) is 7.54. The number of nitrogens with one attached hydrogen (secondary N) is 1. The van der Waals surface area contributed by atoms with Crippen LogP contribution in [0.1, 0.15) is 43.6 Å². The summed E-state index contributed by atoms with van der Waals surface area (Å²) in [5.74, 6) is 0.555. The van der Waals surface area contributed by atoms with Gasteiger partial charge in [-0.25, -0.2) is 0 Å². The lowest BCUT2D eigenvalue weighted by molar-refractivity contribution is 0.410. The van der Waals surface area contributed by atoms with Crippen molar-refractivity contribution in [2.24, 2.45) is 13.0 Å². The van der Waals surface area contributed by atoms with E-state index in [2.05, 4.69) is 67.7 Å². The molecule has 20 heavy (non-hydrogen) atoms. The van der Waals surface area contributed by atoms with E-state index in [9.17, 15) is 0 Å². The number of nitrogens with zero attached hydrogens (tertiary/aromatic N) is 2. The Morgan fingerprint density at radius 1 is 1.20 bits per heavy atom. The fourth-order valence-electron chi connectivity index (χ4n) is 2.65. The minimum atomic E-state index is 0.376. The zero-order valence-corrected chi connectivity index (χ0v) is 12.9. The summed E-state index contributed by atoms with van der Waals surface area (Å²) in [5, 5.41) is 8.19. The highest BCUT2D eigenvalue weighted by molar-refractivity contribution is 5.21. The van der Waals surface area contributed by atoms with E-state index in [-0.39, 0.29) is 0 Å². The van der Waals surface area contributed by atoms with E-state index in [1.807, 2.05) is 11.7 Å². The van der Waals surface area contributed by atoms with Gasteiger partial charge in [0.15, 0.2) is 0 Å². The standard InChI is InChI=1S/C17H25N3/c1-5-16-15(12-20(4)19-16)11-18-17(13(2)3)14-9-7-6-8-10-14/h6-10,12-13,17-18H,5,11H2,1-4H3. The van der Waals surface area contributed by atoms with Crippen molar-refractivity contribution >= 4 is 0 Å². The Bertz CT molecular complexity index is 528. The van der Waals surface area contributed by atoms with Crippen molar-refractivity contribution in [2.45, 2.75) is 39.8 Å². The van der Waals surface area contributed by atoms with Gasteiger partial charge < -0.3 is 5.32 Å². The number of hydrogen-bond acceptors (Lipinski definition) is 2. The number of aryl methyl sites for hydroxylation is 2. The summed E-state index contributed by atoms with van der Waals surface area (Å²) < 4.78 is 1.91. The smallest absolute Gasteiger partial charge is 0.0666 e. The third-order valence-corrected chi connectivity index (χ3v) is 3.66. The van der Waals surface area contributed by atoms with Gasteiger partial charge in [-0.05, 0) is 17.9 Å². The summed E-state index contributed by atoms with van der Waals surface area (Å²) in [6.07, 6.45) is 3.10. The van der Waals surface area contributed by atoms with Crippen molar-refractivity contribution in [1.29, 1.82) is 0 Å². The van der Waals surface area contributed by atoms with Crippen LogP contribution >= 0.6 is 0 Å². The molecule has 0 fully saturated rings. The molecule has 0 aliphatic carbocycles. The summed E-state index contributed by atoms with van der Waals surface area (Å²) in [7, 11) is 1.99. The van der Waals surface area contributed by atoms with Gasteiger partial charge in [0, 0.05) is 31.4 Å². The van der Waals surface area contributed by atoms with Crippen LogP contribution in [-0.2, 0) is 20.0 Å². The van der Waals surface area contributed by atoms with Crippen LogP contribution < -0.4 is 5.32 Å². The average Bonchev–Trinajstić information content (AvgIpc) is 2.80. The van der Waals surface area contributed by atoms with E-state index in [0.717, 1.165) is 13.0 Å². The maximum absolute atomic E-state index is 4.50. The number of rotatable bonds is 6. The van der Waals surface area contributed by atoms with Gasteiger partial charge in [0.1, 0.15) is 0 Å². The highest BCUT2D eigenvalue weighted by atomic mass is 15.3. The SMILES string of the molecule is CCc1nn(C)cc1CNC(c1ccccc1)C(C)C. The third kappa shape index (κ3) is 3.48. The highest BCUT2D eigenvalue weighted by Crippen LogP contribution is 2.22. The summed E-state index contributed by atoms with van der Waals surface area (Å²) in [4.78, 5) is 0. The van der Waals surface area contributed by atoms with Crippen LogP contribution in [0.15, 0.2) is 36.5 Å². The first-order valence-corrected chi connectivity index (χ1v) is 7.41. The molecule has 3 heteroatoms. The van der Waals surface area contributed by atoms with E-state index in [1.54, 1.807) is 0 Å². The van der Waals surface area contributed by atoms with Crippen LogP contribution in [0.5, 0.6) is 0 Å².